The van der Waals surface area contributed by atoms with Crippen LogP contribution in [0, 0.1) is 30.6 Å². The highest BCUT2D eigenvalue weighted by atomic mass is 32.1. The Labute approximate surface area is 118 Å². The molecule has 4 heteroatoms. The normalized spacial score (nSPS) is 20.6. The number of aliphatic hydroxyl groups is 1. The summed E-state index contributed by atoms with van der Waals surface area (Å²) >= 11 is 1.41. The van der Waals surface area contributed by atoms with E-state index in [2.05, 4.69) is 18.8 Å². The fraction of sp³-hybridized carbons (Fsp3) is 0.533. The van der Waals surface area contributed by atoms with Crippen molar-refractivity contribution in [3.8, 4) is 11.8 Å². The third-order valence-electron chi connectivity index (χ3n) is 3.54. The minimum absolute atomic E-state index is 0.0734. The van der Waals surface area contributed by atoms with Crippen LogP contribution in [0.15, 0.2) is 6.07 Å². The number of carbonyl (C=O) groups is 1. The maximum Gasteiger partial charge on any atom is 0.263 e. The Morgan fingerprint density at radius 1 is 1.63 bits per heavy atom. The lowest BCUT2D eigenvalue weighted by Gasteiger charge is -2.15. The van der Waals surface area contributed by atoms with Crippen LogP contribution in [0.1, 0.15) is 33.5 Å². The van der Waals surface area contributed by atoms with Gasteiger partial charge in [-0.15, -0.1) is 11.3 Å². The molecular weight excluding hydrogens is 258 g/mol. The van der Waals surface area contributed by atoms with E-state index in [1.165, 1.54) is 17.8 Å². The SMILES string of the molecule is Cc1cc(C(=O)N(C)CC2CC2C)sc1C#CCO. The highest BCUT2D eigenvalue weighted by Gasteiger charge is 2.34. The van der Waals surface area contributed by atoms with Crippen molar-refractivity contribution in [2.45, 2.75) is 20.3 Å². The number of thiophene rings is 1. The number of hydrogen-bond acceptors (Lipinski definition) is 3. The van der Waals surface area contributed by atoms with Crippen molar-refractivity contribution in [2.24, 2.45) is 11.8 Å². The second-order valence-corrected chi connectivity index (χ2v) is 6.29. The Bertz CT molecular complexity index is 538. The lowest BCUT2D eigenvalue weighted by atomic mass is 10.2. The molecule has 2 unspecified atom stereocenters. The largest absolute Gasteiger partial charge is 0.384 e. The molecule has 1 saturated carbocycles. The molecule has 1 aliphatic carbocycles. The van der Waals surface area contributed by atoms with E-state index in [-0.39, 0.29) is 12.5 Å². The first-order valence-corrected chi connectivity index (χ1v) is 7.30. The molecule has 2 rings (SSSR count). The van der Waals surface area contributed by atoms with E-state index in [9.17, 15) is 4.79 Å². The van der Waals surface area contributed by atoms with Gasteiger partial charge in [-0.3, -0.25) is 4.79 Å². The Balaban J connectivity index is 2.06. The molecular formula is C15H19NO2S. The lowest BCUT2D eigenvalue weighted by Crippen LogP contribution is -2.28. The van der Waals surface area contributed by atoms with Gasteiger partial charge in [0.15, 0.2) is 0 Å². The summed E-state index contributed by atoms with van der Waals surface area (Å²) in [5.74, 6) is 7.01. The number of nitrogens with zero attached hydrogens (tertiary/aromatic N) is 1. The summed E-state index contributed by atoms with van der Waals surface area (Å²) < 4.78 is 0. The number of carbonyl (C=O) groups excluding carboxylic acids is 1. The highest BCUT2D eigenvalue weighted by Crippen LogP contribution is 2.38. The fourth-order valence-electron chi connectivity index (χ4n) is 2.11. The van der Waals surface area contributed by atoms with E-state index >= 15 is 0 Å². The fourth-order valence-corrected chi connectivity index (χ4v) is 3.15. The molecule has 1 aromatic rings. The van der Waals surface area contributed by atoms with Crippen molar-refractivity contribution in [2.75, 3.05) is 20.2 Å². The quantitative estimate of drug-likeness (QED) is 0.860. The molecule has 0 radical (unpaired) electrons. The number of amides is 1. The highest BCUT2D eigenvalue weighted by molar-refractivity contribution is 7.14. The van der Waals surface area contributed by atoms with E-state index < -0.39 is 0 Å². The molecule has 0 spiro atoms. The van der Waals surface area contributed by atoms with Crippen molar-refractivity contribution in [3.63, 3.8) is 0 Å². The maximum atomic E-state index is 12.3. The van der Waals surface area contributed by atoms with E-state index in [1.807, 2.05) is 24.9 Å². The molecule has 102 valence electrons. The van der Waals surface area contributed by atoms with E-state index in [0.717, 1.165) is 27.8 Å². The first kappa shape index (κ1) is 14.1. The summed E-state index contributed by atoms with van der Waals surface area (Å²) in [6.45, 7) is 4.85. The predicted molar refractivity (Wildman–Crippen MR) is 77.3 cm³/mol. The van der Waals surface area contributed by atoms with Crippen LogP contribution in [0.4, 0.5) is 0 Å². The summed E-state index contributed by atoms with van der Waals surface area (Å²) in [5.41, 5.74) is 1.00. The van der Waals surface area contributed by atoms with Gasteiger partial charge in [-0.1, -0.05) is 18.8 Å². The van der Waals surface area contributed by atoms with Crippen LogP contribution in [0.2, 0.25) is 0 Å². The van der Waals surface area contributed by atoms with E-state index in [0.29, 0.717) is 5.92 Å². The third-order valence-corrected chi connectivity index (χ3v) is 4.68. The zero-order valence-electron chi connectivity index (χ0n) is 11.6. The molecule has 0 aromatic carbocycles. The van der Waals surface area contributed by atoms with Crippen LogP contribution < -0.4 is 0 Å². The number of aryl methyl sites for hydroxylation is 1. The number of hydrogen-bond donors (Lipinski definition) is 1. The lowest BCUT2D eigenvalue weighted by molar-refractivity contribution is 0.0791. The van der Waals surface area contributed by atoms with E-state index in [1.54, 1.807) is 0 Å². The molecule has 1 heterocycles. The summed E-state index contributed by atoms with van der Waals surface area (Å²) in [4.78, 5) is 15.7. The van der Waals surface area contributed by atoms with Gasteiger partial charge < -0.3 is 10.0 Å². The molecule has 0 bridgehead atoms. The molecule has 1 aliphatic rings. The van der Waals surface area contributed by atoms with Crippen molar-refractivity contribution in [3.05, 3.63) is 21.4 Å². The summed E-state index contributed by atoms with van der Waals surface area (Å²) in [6, 6.07) is 1.89. The smallest absolute Gasteiger partial charge is 0.263 e. The third kappa shape index (κ3) is 3.37. The monoisotopic (exact) mass is 277 g/mol. The summed E-state index contributed by atoms with van der Waals surface area (Å²) in [5, 5.41) is 8.71. The average Bonchev–Trinajstić information content (AvgIpc) is 2.93. The first-order chi connectivity index (χ1) is 9.02. The Morgan fingerprint density at radius 3 is 2.89 bits per heavy atom. The van der Waals surface area contributed by atoms with Gasteiger partial charge in [0.1, 0.15) is 6.61 Å². The molecule has 1 amide bonds. The van der Waals surface area contributed by atoms with Crippen molar-refractivity contribution in [1.29, 1.82) is 0 Å². The number of aliphatic hydroxyl groups excluding tert-OH is 1. The second kappa shape index (κ2) is 5.77. The van der Waals surface area contributed by atoms with Crippen LogP contribution >= 0.6 is 11.3 Å². The summed E-state index contributed by atoms with van der Waals surface area (Å²) in [7, 11) is 1.86. The van der Waals surface area contributed by atoms with Crippen LogP contribution in [0.5, 0.6) is 0 Å². The Hall–Kier alpha value is -1.31. The molecule has 1 fully saturated rings. The van der Waals surface area contributed by atoms with Crippen LogP contribution in [0.3, 0.4) is 0 Å². The molecule has 0 saturated heterocycles. The molecule has 2 atom stereocenters. The van der Waals surface area contributed by atoms with Gasteiger partial charge in [0, 0.05) is 13.6 Å². The molecule has 0 aliphatic heterocycles. The Morgan fingerprint density at radius 2 is 2.32 bits per heavy atom. The number of rotatable bonds is 3. The second-order valence-electron chi connectivity index (χ2n) is 5.24. The summed E-state index contributed by atoms with van der Waals surface area (Å²) in [6.07, 6.45) is 1.23. The van der Waals surface area contributed by atoms with E-state index in [4.69, 9.17) is 5.11 Å². The van der Waals surface area contributed by atoms with Gasteiger partial charge in [0.25, 0.3) is 5.91 Å². The molecule has 3 nitrogen and oxygen atoms in total. The van der Waals surface area contributed by atoms with Crippen LogP contribution in [-0.2, 0) is 0 Å². The standard InChI is InChI=1S/C15H19NO2S/c1-10-7-12(10)9-16(3)15(18)14-8-11(2)13(19-14)5-4-6-17/h8,10,12,17H,6-7,9H2,1-3H3. The van der Waals surface area contributed by atoms with Gasteiger partial charge in [0.05, 0.1) is 9.75 Å². The minimum Gasteiger partial charge on any atom is -0.384 e. The van der Waals surface area contributed by atoms with Gasteiger partial charge in [-0.2, -0.15) is 0 Å². The van der Waals surface area contributed by atoms with Gasteiger partial charge in [0.2, 0.25) is 0 Å². The Kier molecular flexibility index (Phi) is 4.28. The van der Waals surface area contributed by atoms with Crippen molar-refractivity contribution in [1.82, 2.24) is 4.90 Å². The first-order valence-electron chi connectivity index (χ1n) is 6.48. The minimum atomic E-state index is -0.153. The topological polar surface area (TPSA) is 40.5 Å². The predicted octanol–water partition coefficient (Wildman–Crippen LogP) is 2.13. The zero-order chi connectivity index (χ0) is 14.0. The molecule has 1 N–H and O–H groups in total. The maximum absolute atomic E-state index is 12.3. The van der Waals surface area contributed by atoms with Gasteiger partial charge >= 0.3 is 0 Å². The van der Waals surface area contributed by atoms with Crippen molar-refractivity contribution >= 4 is 17.2 Å². The van der Waals surface area contributed by atoms with Crippen LogP contribution in [0.25, 0.3) is 0 Å². The zero-order valence-corrected chi connectivity index (χ0v) is 12.4. The van der Waals surface area contributed by atoms with Gasteiger partial charge in [-0.05, 0) is 36.8 Å². The van der Waals surface area contributed by atoms with Gasteiger partial charge in [-0.25, -0.2) is 0 Å². The van der Waals surface area contributed by atoms with Crippen molar-refractivity contribution < 1.29 is 9.90 Å². The molecule has 19 heavy (non-hydrogen) atoms. The van der Waals surface area contributed by atoms with Crippen LogP contribution in [-0.4, -0.2) is 36.1 Å². The molecule has 1 aromatic heterocycles. The average molecular weight is 277 g/mol.